The first-order valence-corrected chi connectivity index (χ1v) is 9.71. The van der Waals surface area contributed by atoms with Crippen molar-refractivity contribution in [2.45, 2.75) is 31.4 Å². The molecule has 5 heteroatoms. The van der Waals surface area contributed by atoms with E-state index in [0.717, 1.165) is 49.5 Å². The summed E-state index contributed by atoms with van der Waals surface area (Å²) < 4.78 is 10.8. The van der Waals surface area contributed by atoms with Crippen LogP contribution in [0.15, 0.2) is 42.7 Å². The lowest BCUT2D eigenvalue weighted by molar-refractivity contribution is -0.148. The van der Waals surface area contributed by atoms with E-state index >= 15 is 0 Å². The van der Waals surface area contributed by atoms with Gasteiger partial charge in [0.2, 0.25) is 0 Å². The Morgan fingerprint density at radius 3 is 2.48 bits per heavy atom. The molecule has 2 aliphatic rings. The van der Waals surface area contributed by atoms with E-state index < -0.39 is 5.60 Å². The zero-order valence-corrected chi connectivity index (χ0v) is 16.1. The lowest BCUT2D eigenvalue weighted by Gasteiger charge is -2.53. The SMILES string of the molecule is COc1ccc(CN2C[C@H]3CCC[C@H](C2)C3(O)c2cccnc2)cc1OC. The van der Waals surface area contributed by atoms with E-state index in [-0.39, 0.29) is 11.8 Å². The third kappa shape index (κ3) is 3.30. The van der Waals surface area contributed by atoms with Crippen LogP contribution in [0.1, 0.15) is 30.4 Å². The number of hydrogen-bond donors (Lipinski definition) is 1. The molecule has 1 aromatic carbocycles. The maximum Gasteiger partial charge on any atom is 0.161 e. The van der Waals surface area contributed by atoms with Gasteiger partial charge in [0.1, 0.15) is 0 Å². The Labute approximate surface area is 160 Å². The summed E-state index contributed by atoms with van der Waals surface area (Å²) in [4.78, 5) is 6.73. The lowest BCUT2D eigenvalue weighted by Crippen LogP contribution is -2.57. The molecule has 1 saturated carbocycles. The van der Waals surface area contributed by atoms with Crippen LogP contribution in [0, 0.1) is 11.8 Å². The Balaban J connectivity index is 1.54. The summed E-state index contributed by atoms with van der Waals surface area (Å²) in [5.41, 5.74) is 1.43. The highest BCUT2D eigenvalue weighted by Crippen LogP contribution is 2.49. The average molecular weight is 368 g/mol. The molecule has 5 nitrogen and oxygen atoms in total. The van der Waals surface area contributed by atoms with E-state index in [4.69, 9.17) is 9.47 Å². The summed E-state index contributed by atoms with van der Waals surface area (Å²) >= 11 is 0. The van der Waals surface area contributed by atoms with Gasteiger partial charge in [0.25, 0.3) is 0 Å². The first-order valence-electron chi connectivity index (χ1n) is 9.71. The summed E-state index contributed by atoms with van der Waals surface area (Å²) in [6.45, 7) is 2.66. The molecular formula is C22H28N2O3. The summed E-state index contributed by atoms with van der Waals surface area (Å²) in [5, 5.41) is 11.7. The minimum Gasteiger partial charge on any atom is -0.493 e. The predicted octanol–water partition coefficient (Wildman–Crippen LogP) is 3.22. The molecule has 2 bridgehead atoms. The van der Waals surface area contributed by atoms with Crippen LogP contribution < -0.4 is 9.47 Å². The number of ether oxygens (including phenoxy) is 2. The van der Waals surface area contributed by atoms with Crippen molar-refractivity contribution in [2.75, 3.05) is 27.3 Å². The maximum atomic E-state index is 11.7. The van der Waals surface area contributed by atoms with Gasteiger partial charge in [-0.1, -0.05) is 18.6 Å². The molecule has 27 heavy (non-hydrogen) atoms. The van der Waals surface area contributed by atoms with Gasteiger partial charge in [-0.2, -0.15) is 0 Å². The fourth-order valence-electron chi connectivity index (χ4n) is 4.98. The van der Waals surface area contributed by atoms with Gasteiger partial charge in [0.15, 0.2) is 11.5 Å². The number of hydrogen-bond acceptors (Lipinski definition) is 5. The molecule has 4 rings (SSSR count). The Kier molecular flexibility index (Phi) is 5.06. The predicted molar refractivity (Wildman–Crippen MR) is 104 cm³/mol. The quantitative estimate of drug-likeness (QED) is 0.878. The molecule has 1 aromatic heterocycles. The highest BCUT2D eigenvalue weighted by atomic mass is 16.5. The van der Waals surface area contributed by atoms with Crippen molar-refractivity contribution in [2.24, 2.45) is 11.8 Å². The lowest BCUT2D eigenvalue weighted by atomic mass is 9.63. The van der Waals surface area contributed by atoms with Crippen LogP contribution in [0.25, 0.3) is 0 Å². The highest BCUT2D eigenvalue weighted by molar-refractivity contribution is 5.42. The minimum atomic E-state index is -0.749. The van der Waals surface area contributed by atoms with Crippen LogP contribution in [0.2, 0.25) is 0 Å². The highest BCUT2D eigenvalue weighted by Gasteiger charge is 2.51. The first-order chi connectivity index (χ1) is 13.1. The number of benzene rings is 1. The Hall–Kier alpha value is -2.11. The van der Waals surface area contributed by atoms with Crippen molar-refractivity contribution in [3.05, 3.63) is 53.9 Å². The minimum absolute atomic E-state index is 0.245. The molecule has 1 N–H and O–H groups in total. The first kappa shape index (κ1) is 18.3. The second-order valence-corrected chi connectivity index (χ2v) is 7.78. The Morgan fingerprint density at radius 2 is 1.85 bits per heavy atom. The van der Waals surface area contributed by atoms with Crippen molar-refractivity contribution >= 4 is 0 Å². The fourth-order valence-corrected chi connectivity index (χ4v) is 4.98. The number of methoxy groups -OCH3 is 2. The van der Waals surface area contributed by atoms with Gasteiger partial charge in [-0.05, 0) is 36.6 Å². The van der Waals surface area contributed by atoms with E-state index in [0.29, 0.717) is 0 Å². The standard InChI is InChI=1S/C22H28N2O3/c1-26-20-9-8-16(11-21(20)27-2)13-24-14-18-5-3-6-19(15-24)22(18,25)17-7-4-10-23-12-17/h4,7-12,18-19,25H,3,5-6,13-15H2,1-2H3/t18-,19-/m1/s1. The van der Waals surface area contributed by atoms with Crippen molar-refractivity contribution in [1.29, 1.82) is 0 Å². The summed E-state index contributed by atoms with van der Waals surface area (Å²) in [6.07, 6.45) is 6.93. The second-order valence-electron chi connectivity index (χ2n) is 7.78. The van der Waals surface area contributed by atoms with E-state index in [2.05, 4.69) is 22.0 Å². The fraction of sp³-hybridized carbons (Fsp3) is 0.500. The van der Waals surface area contributed by atoms with E-state index in [9.17, 15) is 5.11 Å². The number of nitrogens with zero attached hydrogens (tertiary/aromatic N) is 2. The largest absolute Gasteiger partial charge is 0.493 e. The molecule has 0 amide bonds. The summed E-state index contributed by atoms with van der Waals surface area (Å²) in [5.74, 6) is 2.01. The summed E-state index contributed by atoms with van der Waals surface area (Å²) in [6, 6.07) is 10.1. The van der Waals surface area contributed by atoms with E-state index in [1.807, 2.05) is 24.4 Å². The number of rotatable bonds is 5. The van der Waals surface area contributed by atoms with Gasteiger partial charge in [0.05, 0.1) is 19.8 Å². The monoisotopic (exact) mass is 368 g/mol. The van der Waals surface area contributed by atoms with Gasteiger partial charge in [-0.25, -0.2) is 0 Å². The molecule has 2 atom stereocenters. The van der Waals surface area contributed by atoms with Crippen molar-refractivity contribution in [1.82, 2.24) is 9.88 Å². The number of piperidine rings is 1. The third-order valence-electron chi connectivity index (χ3n) is 6.29. The van der Waals surface area contributed by atoms with Gasteiger partial charge in [0, 0.05) is 49.4 Å². The van der Waals surface area contributed by atoms with Crippen LogP contribution in [0.4, 0.5) is 0 Å². The topological polar surface area (TPSA) is 54.8 Å². The van der Waals surface area contributed by atoms with E-state index in [1.54, 1.807) is 20.4 Å². The summed E-state index contributed by atoms with van der Waals surface area (Å²) in [7, 11) is 3.32. The average Bonchev–Trinajstić information content (AvgIpc) is 2.69. The van der Waals surface area contributed by atoms with Crippen molar-refractivity contribution < 1.29 is 14.6 Å². The molecule has 2 aromatic rings. The zero-order valence-electron chi connectivity index (χ0n) is 16.1. The van der Waals surface area contributed by atoms with Crippen LogP contribution in [0.3, 0.4) is 0 Å². The van der Waals surface area contributed by atoms with Crippen molar-refractivity contribution in [3.8, 4) is 11.5 Å². The number of aromatic nitrogens is 1. The molecular weight excluding hydrogens is 340 g/mol. The normalized spacial score (nSPS) is 28.0. The molecule has 2 heterocycles. The number of fused-ring (bicyclic) bond motifs is 2. The van der Waals surface area contributed by atoms with Crippen LogP contribution >= 0.6 is 0 Å². The van der Waals surface area contributed by atoms with Crippen LogP contribution in [-0.2, 0) is 12.1 Å². The molecule has 0 spiro atoms. The van der Waals surface area contributed by atoms with Gasteiger partial charge >= 0.3 is 0 Å². The van der Waals surface area contributed by atoms with E-state index in [1.165, 1.54) is 12.0 Å². The van der Waals surface area contributed by atoms with Gasteiger partial charge in [-0.15, -0.1) is 0 Å². The molecule has 0 radical (unpaired) electrons. The van der Waals surface area contributed by atoms with Crippen LogP contribution in [-0.4, -0.2) is 42.3 Å². The van der Waals surface area contributed by atoms with Crippen LogP contribution in [0.5, 0.6) is 11.5 Å². The Bertz CT molecular complexity index is 766. The molecule has 144 valence electrons. The second kappa shape index (κ2) is 7.49. The molecule has 0 unspecified atom stereocenters. The van der Waals surface area contributed by atoms with Crippen molar-refractivity contribution in [3.63, 3.8) is 0 Å². The number of pyridine rings is 1. The number of aliphatic hydroxyl groups is 1. The number of likely N-dealkylation sites (tertiary alicyclic amines) is 1. The smallest absolute Gasteiger partial charge is 0.161 e. The molecule has 2 fully saturated rings. The molecule has 1 aliphatic carbocycles. The van der Waals surface area contributed by atoms with Gasteiger partial charge in [-0.3, -0.25) is 9.88 Å². The Morgan fingerprint density at radius 1 is 1.11 bits per heavy atom. The third-order valence-corrected chi connectivity index (χ3v) is 6.29. The molecule has 1 aliphatic heterocycles. The maximum absolute atomic E-state index is 11.7. The molecule has 1 saturated heterocycles. The van der Waals surface area contributed by atoms with Gasteiger partial charge < -0.3 is 14.6 Å². The zero-order chi connectivity index (χ0) is 18.9.